The van der Waals surface area contributed by atoms with Gasteiger partial charge in [0.2, 0.25) is 11.9 Å². The molecule has 0 unspecified atom stereocenters. The minimum Gasteiger partial charge on any atom is -0.368 e. The molecule has 38 heavy (non-hydrogen) atoms. The highest BCUT2D eigenvalue weighted by Crippen LogP contribution is 2.24. The summed E-state index contributed by atoms with van der Waals surface area (Å²) >= 11 is 0. The first-order chi connectivity index (χ1) is 18.6. The van der Waals surface area contributed by atoms with E-state index in [4.69, 9.17) is 10.7 Å². The minimum absolute atomic E-state index is 0.205. The maximum atomic E-state index is 13.2. The molecule has 0 amide bonds. The number of hydrogen-bond acceptors (Lipinski definition) is 8. The van der Waals surface area contributed by atoms with Gasteiger partial charge in [-0.3, -0.25) is 0 Å². The summed E-state index contributed by atoms with van der Waals surface area (Å²) in [6, 6.07) is 14.9. The maximum Gasteiger partial charge on any atom is 0.254 e. The standard InChI is InChI=1S/C28H32FN9/c29-21-7-11-23(12-8-21)36-15-17-37(18-16-36)24-13-9-22(10-14-24)32-27-34-26(30)38(35-27)28-31-19-20-5-3-1-2-4-6-25(20)33-28/h7-14,19H,1-6,15-18H2,(H3,30,32,34,35). The fraction of sp³-hybridized carbons (Fsp3) is 0.357. The van der Waals surface area contributed by atoms with Crippen molar-refractivity contribution in [1.82, 2.24) is 24.7 Å². The number of halogens is 1. The van der Waals surface area contributed by atoms with Crippen molar-refractivity contribution in [1.29, 1.82) is 0 Å². The lowest BCUT2D eigenvalue weighted by Crippen LogP contribution is -2.46. The molecule has 3 heterocycles. The summed E-state index contributed by atoms with van der Waals surface area (Å²) in [5.41, 5.74) is 11.6. The predicted octanol–water partition coefficient (Wildman–Crippen LogP) is 4.51. The van der Waals surface area contributed by atoms with E-state index >= 15 is 0 Å². The van der Waals surface area contributed by atoms with Crippen LogP contribution in [0.25, 0.3) is 5.95 Å². The van der Waals surface area contributed by atoms with Crippen LogP contribution < -0.4 is 20.9 Å². The third-order valence-electron chi connectivity index (χ3n) is 7.33. The Morgan fingerprint density at radius 2 is 1.39 bits per heavy atom. The molecule has 2 aromatic heterocycles. The molecule has 1 aliphatic carbocycles. The van der Waals surface area contributed by atoms with Crippen LogP contribution in [0.4, 0.5) is 33.3 Å². The van der Waals surface area contributed by atoms with E-state index in [1.165, 1.54) is 41.6 Å². The van der Waals surface area contributed by atoms with Crippen LogP contribution in [0.5, 0.6) is 0 Å². The summed E-state index contributed by atoms with van der Waals surface area (Å²) in [5, 5.41) is 7.77. The number of nitrogens with two attached hydrogens (primary N) is 1. The Morgan fingerprint density at radius 1 is 0.763 bits per heavy atom. The van der Waals surface area contributed by atoms with Crippen LogP contribution in [0.1, 0.15) is 36.9 Å². The van der Waals surface area contributed by atoms with Gasteiger partial charge in [0.1, 0.15) is 5.82 Å². The van der Waals surface area contributed by atoms with Crippen molar-refractivity contribution in [2.45, 2.75) is 38.5 Å². The second-order valence-corrected chi connectivity index (χ2v) is 9.88. The Balaban J connectivity index is 1.10. The molecule has 10 heteroatoms. The molecule has 0 atom stereocenters. The van der Waals surface area contributed by atoms with Gasteiger partial charge in [-0.15, -0.1) is 5.10 Å². The van der Waals surface area contributed by atoms with Crippen LogP contribution in [-0.4, -0.2) is 50.9 Å². The third kappa shape index (κ3) is 5.25. The molecule has 0 radical (unpaired) electrons. The van der Waals surface area contributed by atoms with Gasteiger partial charge in [-0.25, -0.2) is 14.4 Å². The number of anilines is 5. The van der Waals surface area contributed by atoms with Crippen LogP contribution in [0.15, 0.2) is 54.7 Å². The van der Waals surface area contributed by atoms with E-state index < -0.39 is 0 Å². The van der Waals surface area contributed by atoms with E-state index in [0.717, 1.165) is 68.2 Å². The second-order valence-electron chi connectivity index (χ2n) is 9.88. The van der Waals surface area contributed by atoms with Crippen LogP contribution in [0.3, 0.4) is 0 Å². The summed E-state index contributed by atoms with van der Waals surface area (Å²) < 4.78 is 14.7. The highest BCUT2D eigenvalue weighted by atomic mass is 19.1. The molecule has 0 bridgehead atoms. The highest BCUT2D eigenvalue weighted by Gasteiger charge is 2.18. The molecule has 1 aliphatic heterocycles. The first kappa shape index (κ1) is 24.1. The monoisotopic (exact) mass is 513 g/mol. The number of nitrogens with one attached hydrogen (secondary N) is 1. The highest BCUT2D eigenvalue weighted by molar-refractivity contribution is 5.60. The third-order valence-corrected chi connectivity index (χ3v) is 7.33. The molecule has 4 aromatic rings. The van der Waals surface area contributed by atoms with E-state index in [1.807, 2.05) is 30.5 Å². The molecule has 196 valence electrons. The zero-order valence-corrected chi connectivity index (χ0v) is 21.4. The molecule has 1 fully saturated rings. The van der Waals surface area contributed by atoms with Gasteiger partial charge < -0.3 is 20.9 Å². The molecule has 2 aliphatic rings. The van der Waals surface area contributed by atoms with Crippen LogP contribution in [-0.2, 0) is 12.8 Å². The van der Waals surface area contributed by atoms with E-state index in [2.05, 4.69) is 42.3 Å². The van der Waals surface area contributed by atoms with Crippen molar-refractivity contribution >= 4 is 29.0 Å². The zero-order chi connectivity index (χ0) is 25.9. The molecular weight excluding hydrogens is 481 g/mol. The van der Waals surface area contributed by atoms with Crippen molar-refractivity contribution in [2.75, 3.05) is 47.0 Å². The van der Waals surface area contributed by atoms with Gasteiger partial charge in [0.25, 0.3) is 5.95 Å². The van der Waals surface area contributed by atoms with Crippen molar-refractivity contribution in [3.05, 3.63) is 71.8 Å². The number of rotatable bonds is 5. The van der Waals surface area contributed by atoms with Gasteiger partial charge in [-0.05, 0) is 79.8 Å². The summed E-state index contributed by atoms with van der Waals surface area (Å²) in [5.74, 6) is 0.897. The van der Waals surface area contributed by atoms with E-state index in [1.54, 1.807) is 0 Å². The average molecular weight is 514 g/mol. The number of piperazine rings is 1. The number of aromatic nitrogens is 5. The number of aryl methyl sites for hydroxylation is 2. The van der Waals surface area contributed by atoms with Gasteiger partial charge in [0.15, 0.2) is 0 Å². The molecule has 0 saturated carbocycles. The fourth-order valence-electron chi connectivity index (χ4n) is 5.20. The zero-order valence-electron chi connectivity index (χ0n) is 21.4. The average Bonchev–Trinajstić information content (AvgIpc) is 3.29. The quantitative estimate of drug-likeness (QED) is 0.402. The first-order valence-electron chi connectivity index (χ1n) is 13.3. The summed E-state index contributed by atoms with van der Waals surface area (Å²) in [4.78, 5) is 18.3. The summed E-state index contributed by atoms with van der Waals surface area (Å²) in [6.07, 6.45) is 8.72. The Labute approximate surface area is 221 Å². The number of benzene rings is 2. The predicted molar refractivity (Wildman–Crippen MR) is 148 cm³/mol. The van der Waals surface area contributed by atoms with Crippen molar-refractivity contribution < 1.29 is 4.39 Å². The molecular formula is C28H32FN9. The Kier molecular flexibility index (Phi) is 6.76. The van der Waals surface area contributed by atoms with Crippen LogP contribution in [0.2, 0.25) is 0 Å². The van der Waals surface area contributed by atoms with Gasteiger partial charge >= 0.3 is 0 Å². The van der Waals surface area contributed by atoms with Gasteiger partial charge in [0.05, 0.1) is 0 Å². The normalized spacial score (nSPS) is 16.0. The molecule has 6 rings (SSSR count). The number of fused-ring (bicyclic) bond motifs is 1. The lowest BCUT2D eigenvalue weighted by molar-refractivity contribution is 0.603. The maximum absolute atomic E-state index is 13.2. The Morgan fingerprint density at radius 3 is 2.08 bits per heavy atom. The molecule has 2 aromatic carbocycles. The Hall–Kier alpha value is -4.21. The van der Waals surface area contributed by atoms with E-state index in [0.29, 0.717) is 11.9 Å². The van der Waals surface area contributed by atoms with Crippen LogP contribution in [0, 0.1) is 5.82 Å². The van der Waals surface area contributed by atoms with Gasteiger partial charge in [-0.2, -0.15) is 9.67 Å². The van der Waals surface area contributed by atoms with Crippen molar-refractivity contribution in [3.63, 3.8) is 0 Å². The van der Waals surface area contributed by atoms with Crippen molar-refractivity contribution in [2.24, 2.45) is 0 Å². The number of nitrogen functional groups attached to an aromatic ring is 1. The van der Waals surface area contributed by atoms with E-state index in [9.17, 15) is 4.39 Å². The van der Waals surface area contributed by atoms with Gasteiger partial charge in [0, 0.05) is 55.1 Å². The molecule has 3 N–H and O–H groups in total. The van der Waals surface area contributed by atoms with E-state index in [-0.39, 0.29) is 11.8 Å². The number of hydrogen-bond donors (Lipinski definition) is 2. The lowest BCUT2D eigenvalue weighted by Gasteiger charge is -2.37. The molecule has 9 nitrogen and oxygen atoms in total. The topological polar surface area (TPSA) is 101 Å². The SMILES string of the molecule is Nc1nc(Nc2ccc(N3CCN(c4ccc(F)cc4)CC3)cc2)nn1-c1ncc2c(n1)CCCCCC2. The van der Waals surface area contributed by atoms with Gasteiger partial charge in [-0.1, -0.05) is 12.8 Å². The van der Waals surface area contributed by atoms with Crippen LogP contribution >= 0.6 is 0 Å². The smallest absolute Gasteiger partial charge is 0.254 e. The lowest BCUT2D eigenvalue weighted by atomic mass is 9.98. The summed E-state index contributed by atoms with van der Waals surface area (Å²) in [7, 11) is 0. The molecule has 0 spiro atoms. The second kappa shape index (κ2) is 10.6. The fourth-order valence-corrected chi connectivity index (χ4v) is 5.20. The molecule has 1 saturated heterocycles. The summed E-state index contributed by atoms with van der Waals surface area (Å²) in [6.45, 7) is 3.56. The number of nitrogens with zero attached hydrogens (tertiary/aromatic N) is 7. The first-order valence-corrected chi connectivity index (χ1v) is 13.3. The largest absolute Gasteiger partial charge is 0.368 e. The minimum atomic E-state index is -0.205. The Bertz CT molecular complexity index is 1380. The van der Waals surface area contributed by atoms with Crippen molar-refractivity contribution in [3.8, 4) is 5.95 Å².